The molecule has 0 amide bonds. The topological polar surface area (TPSA) is 118 Å². The summed E-state index contributed by atoms with van der Waals surface area (Å²) in [4.78, 5) is 54.2. The highest BCUT2D eigenvalue weighted by Gasteiger charge is 2.11. The number of carbonyl (C=O) groups excluding carboxylic acids is 1. The summed E-state index contributed by atoms with van der Waals surface area (Å²) in [5, 5.41) is 0. The van der Waals surface area contributed by atoms with E-state index in [0.29, 0.717) is 0 Å². The Morgan fingerprint density at radius 1 is 1.28 bits per heavy atom. The van der Waals surface area contributed by atoms with Crippen LogP contribution in [0.5, 0.6) is 0 Å². The summed E-state index contributed by atoms with van der Waals surface area (Å²) in [5.41, 5.74) is -2.04. The van der Waals surface area contributed by atoms with Crippen LogP contribution in [0.1, 0.15) is 12.6 Å². The highest BCUT2D eigenvalue weighted by molar-refractivity contribution is 5.78. The molecule has 0 atom stereocenters. The maximum absolute atomic E-state index is 11.7. The molecular formula is C10H10N4O4. The van der Waals surface area contributed by atoms with Gasteiger partial charge in [0.2, 0.25) is 0 Å². The molecule has 2 N–H and O–H groups in total. The lowest BCUT2D eigenvalue weighted by Gasteiger charge is -2.02. The Morgan fingerprint density at radius 3 is 2.56 bits per heavy atom. The Morgan fingerprint density at radius 2 is 1.94 bits per heavy atom. The molecule has 0 spiro atoms. The molecule has 94 valence electrons. The molecule has 8 nitrogen and oxygen atoms in total. The van der Waals surface area contributed by atoms with E-state index in [9.17, 15) is 19.2 Å². The lowest BCUT2D eigenvalue weighted by molar-refractivity contribution is -0.116. The first-order valence-corrected chi connectivity index (χ1v) is 5.12. The quantitative estimate of drug-likeness (QED) is 0.668. The first-order valence-electron chi connectivity index (χ1n) is 5.12. The van der Waals surface area contributed by atoms with E-state index in [0.717, 1.165) is 4.57 Å². The maximum atomic E-state index is 11.7. The van der Waals surface area contributed by atoms with Gasteiger partial charge in [-0.1, -0.05) is 0 Å². The molecular weight excluding hydrogens is 240 g/mol. The van der Waals surface area contributed by atoms with E-state index in [1.807, 2.05) is 0 Å². The fourth-order valence-corrected chi connectivity index (χ4v) is 1.53. The van der Waals surface area contributed by atoms with Crippen LogP contribution < -0.4 is 16.8 Å². The highest BCUT2D eigenvalue weighted by Crippen LogP contribution is 1.97. The summed E-state index contributed by atoms with van der Waals surface area (Å²) in [6.07, 6.45) is -0.150. The third-order valence-corrected chi connectivity index (χ3v) is 2.45. The predicted molar refractivity (Wildman–Crippen MR) is 62.6 cm³/mol. The van der Waals surface area contributed by atoms with E-state index < -0.39 is 16.8 Å². The Kier molecular flexibility index (Phi) is 2.70. The van der Waals surface area contributed by atoms with Crippen LogP contribution in [0.3, 0.4) is 0 Å². The zero-order valence-electron chi connectivity index (χ0n) is 9.73. The van der Waals surface area contributed by atoms with Gasteiger partial charge >= 0.3 is 5.69 Å². The zero-order valence-corrected chi connectivity index (χ0v) is 9.73. The van der Waals surface area contributed by atoms with Gasteiger partial charge in [-0.15, -0.1) is 0 Å². The van der Waals surface area contributed by atoms with Crippen molar-refractivity contribution in [3.63, 3.8) is 0 Å². The van der Waals surface area contributed by atoms with Crippen molar-refractivity contribution in [2.45, 2.75) is 13.3 Å². The van der Waals surface area contributed by atoms with Crippen molar-refractivity contribution in [2.24, 2.45) is 7.05 Å². The van der Waals surface area contributed by atoms with Crippen LogP contribution in [0.25, 0.3) is 11.2 Å². The molecule has 0 aromatic carbocycles. The zero-order chi connectivity index (χ0) is 13.4. The molecule has 0 unspecified atom stereocenters. The number of hydrogen-bond donors (Lipinski definition) is 2. The van der Waals surface area contributed by atoms with Crippen LogP contribution in [-0.2, 0) is 18.3 Å². The fourth-order valence-electron chi connectivity index (χ4n) is 1.53. The van der Waals surface area contributed by atoms with Crippen LogP contribution in [0.4, 0.5) is 0 Å². The van der Waals surface area contributed by atoms with E-state index in [4.69, 9.17) is 0 Å². The number of nitrogens with one attached hydrogen (secondary N) is 2. The second kappa shape index (κ2) is 4.06. The number of fused-ring (bicyclic) bond motifs is 1. The number of carbonyl (C=O) groups is 1. The molecule has 8 heteroatoms. The first kappa shape index (κ1) is 12.0. The van der Waals surface area contributed by atoms with Gasteiger partial charge in [0.15, 0.2) is 11.2 Å². The lowest BCUT2D eigenvalue weighted by atomic mass is 10.2. The van der Waals surface area contributed by atoms with Crippen molar-refractivity contribution in [3.8, 4) is 0 Å². The molecule has 2 rings (SSSR count). The van der Waals surface area contributed by atoms with Crippen molar-refractivity contribution in [2.75, 3.05) is 0 Å². The predicted octanol–water partition coefficient (Wildman–Crippen LogP) is -1.56. The normalized spacial score (nSPS) is 10.8. The largest absolute Gasteiger partial charge is 0.329 e. The van der Waals surface area contributed by atoms with Gasteiger partial charge in [0.05, 0.1) is 6.42 Å². The van der Waals surface area contributed by atoms with Crippen molar-refractivity contribution >= 4 is 16.9 Å². The van der Waals surface area contributed by atoms with Gasteiger partial charge in [-0.05, 0) is 6.92 Å². The average Bonchev–Trinajstić information content (AvgIpc) is 2.28. The Balaban J connectivity index is 2.85. The Labute approximate surface area is 99.3 Å². The monoisotopic (exact) mass is 250 g/mol. The van der Waals surface area contributed by atoms with E-state index in [1.54, 1.807) is 0 Å². The van der Waals surface area contributed by atoms with Crippen LogP contribution in [0.15, 0.2) is 14.4 Å². The van der Waals surface area contributed by atoms with Crippen molar-refractivity contribution in [1.82, 2.24) is 19.5 Å². The van der Waals surface area contributed by atoms with Gasteiger partial charge in [-0.3, -0.25) is 23.9 Å². The van der Waals surface area contributed by atoms with Crippen LogP contribution in [-0.4, -0.2) is 25.3 Å². The molecule has 18 heavy (non-hydrogen) atoms. The smallest absolute Gasteiger partial charge is 0.313 e. The third-order valence-electron chi connectivity index (χ3n) is 2.45. The Bertz CT molecular complexity index is 811. The van der Waals surface area contributed by atoms with Crippen molar-refractivity contribution in [1.29, 1.82) is 0 Å². The minimum absolute atomic E-state index is 0.0287. The lowest BCUT2D eigenvalue weighted by Crippen LogP contribution is -2.35. The maximum Gasteiger partial charge on any atom is 0.329 e. The number of ketones is 1. The first-order chi connectivity index (χ1) is 8.40. The molecule has 2 heterocycles. The summed E-state index contributed by atoms with van der Waals surface area (Å²) in [6, 6.07) is 0. The molecule has 0 aliphatic rings. The van der Waals surface area contributed by atoms with Crippen molar-refractivity contribution < 1.29 is 4.79 Å². The molecule has 0 radical (unpaired) electrons. The summed E-state index contributed by atoms with van der Waals surface area (Å²) in [5.74, 6) is -0.237. The van der Waals surface area contributed by atoms with Crippen LogP contribution in [0.2, 0.25) is 0 Å². The fraction of sp³-hybridized carbons (Fsp3) is 0.300. The minimum atomic E-state index is -0.646. The second-order valence-corrected chi connectivity index (χ2v) is 3.91. The average molecular weight is 250 g/mol. The van der Waals surface area contributed by atoms with E-state index in [2.05, 4.69) is 15.0 Å². The Hall–Kier alpha value is -2.51. The molecule has 0 aliphatic carbocycles. The van der Waals surface area contributed by atoms with E-state index in [1.165, 1.54) is 14.0 Å². The van der Waals surface area contributed by atoms with E-state index in [-0.39, 0.29) is 29.1 Å². The van der Waals surface area contributed by atoms with Gasteiger partial charge in [0.25, 0.3) is 11.1 Å². The standard InChI is InChI=1S/C10H10N4O4/c1-4(15)3-5-8(16)12-6-7(11-5)13-10(18)14(2)9(6)17/h3H2,1-2H3,(H,12,16)(H,11,13,18). The van der Waals surface area contributed by atoms with Gasteiger partial charge < -0.3 is 4.98 Å². The summed E-state index contributed by atoms with van der Waals surface area (Å²) in [7, 11) is 1.28. The molecule has 0 saturated heterocycles. The SMILES string of the molecule is CC(=O)Cc1nc2[nH]c(=O)n(C)c(=O)c2[nH]c1=O. The molecule has 0 saturated carbocycles. The minimum Gasteiger partial charge on any atom is -0.313 e. The van der Waals surface area contributed by atoms with E-state index >= 15 is 0 Å². The van der Waals surface area contributed by atoms with Gasteiger partial charge in [-0.25, -0.2) is 9.78 Å². The molecule has 0 aliphatic heterocycles. The van der Waals surface area contributed by atoms with Gasteiger partial charge in [0.1, 0.15) is 11.5 Å². The van der Waals surface area contributed by atoms with Crippen molar-refractivity contribution in [3.05, 3.63) is 36.9 Å². The number of Topliss-reactive ketones (excluding diaryl/α,β-unsaturated/α-hetero) is 1. The summed E-state index contributed by atoms with van der Waals surface area (Å²) < 4.78 is 0.824. The molecule has 2 aromatic heterocycles. The molecule has 2 aromatic rings. The molecule has 0 fully saturated rings. The highest BCUT2D eigenvalue weighted by atomic mass is 16.2. The number of aromatic nitrogens is 4. The number of H-pyrrole nitrogens is 2. The number of aromatic amines is 2. The third kappa shape index (κ3) is 1.88. The number of rotatable bonds is 2. The van der Waals surface area contributed by atoms with Gasteiger partial charge in [-0.2, -0.15) is 0 Å². The van der Waals surface area contributed by atoms with Crippen LogP contribution in [0, 0.1) is 0 Å². The second-order valence-electron chi connectivity index (χ2n) is 3.91. The number of hydrogen-bond acceptors (Lipinski definition) is 5. The summed E-state index contributed by atoms with van der Waals surface area (Å²) in [6.45, 7) is 1.32. The molecule has 0 bridgehead atoms. The summed E-state index contributed by atoms with van der Waals surface area (Å²) >= 11 is 0. The number of nitrogens with zero attached hydrogens (tertiary/aromatic N) is 2. The van der Waals surface area contributed by atoms with Gasteiger partial charge in [0, 0.05) is 7.05 Å². The van der Waals surface area contributed by atoms with Crippen LogP contribution >= 0.6 is 0 Å².